The highest BCUT2D eigenvalue weighted by molar-refractivity contribution is 5.77. The maximum atomic E-state index is 4.18. The lowest BCUT2D eigenvalue weighted by Crippen LogP contribution is -1.76. The molecule has 0 aliphatic rings. The lowest BCUT2D eigenvalue weighted by Gasteiger charge is -1.91. The van der Waals surface area contributed by atoms with Crippen molar-refractivity contribution >= 4 is 10.9 Å². The van der Waals surface area contributed by atoms with E-state index < -0.39 is 0 Å². The zero-order valence-corrected chi connectivity index (χ0v) is 12.0. The van der Waals surface area contributed by atoms with Gasteiger partial charge in [0.15, 0.2) is 0 Å². The van der Waals surface area contributed by atoms with Gasteiger partial charge in [-0.1, -0.05) is 38.1 Å². The first-order chi connectivity index (χ1) is 9.25. The molecular formula is C16H21N3. The van der Waals surface area contributed by atoms with Gasteiger partial charge in [-0.25, -0.2) is 4.98 Å². The molecule has 0 saturated heterocycles. The molecule has 0 bridgehead atoms. The predicted molar refractivity (Wildman–Crippen MR) is 81.0 cm³/mol. The molecule has 0 fully saturated rings. The summed E-state index contributed by atoms with van der Waals surface area (Å²) in [5, 5.41) is 1.20. The summed E-state index contributed by atoms with van der Waals surface area (Å²) in [5.41, 5.74) is 2.13. The topological polar surface area (TPSA) is 30.7 Å². The van der Waals surface area contributed by atoms with Gasteiger partial charge >= 0.3 is 0 Å². The van der Waals surface area contributed by atoms with Gasteiger partial charge in [0.1, 0.15) is 0 Å². The molecule has 0 atom stereocenters. The fourth-order valence-corrected chi connectivity index (χ4v) is 1.56. The molecule has 0 radical (unpaired) electrons. The Kier molecular flexibility index (Phi) is 6.30. The number of para-hydroxylation sites is 1. The van der Waals surface area contributed by atoms with Crippen molar-refractivity contribution in [1.82, 2.24) is 14.5 Å². The summed E-state index contributed by atoms with van der Waals surface area (Å²) in [6, 6.07) is 12.1. The summed E-state index contributed by atoms with van der Waals surface area (Å²) < 4.78 is 1.93. The fraction of sp³-hybridized carbons (Fsp3) is 0.250. The van der Waals surface area contributed by atoms with Crippen molar-refractivity contribution in [2.45, 2.75) is 20.8 Å². The Balaban J connectivity index is 0.000000177. The maximum Gasteiger partial charge on any atom is 0.0946 e. The van der Waals surface area contributed by atoms with Crippen LogP contribution in [0.3, 0.4) is 0 Å². The van der Waals surface area contributed by atoms with Crippen LogP contribution in [-0.4, -0.2) is 14.5 Å². The molecular weight excluding hydrogens is 234 g/mol. The number of aromatic nitrogens is 3. The summed E-state index contributed by atoms with van der Waals surface area (Å²) in [4.78, 5) is 8.16. The van der Waals surface area contributed by atoms with E-state index in [9.17, 15) is 0 Å². The third-order valence-electron chi connectivity index (χ3n) is 2.35. The molecule has 19 heavy (non-hydrogen) atoms. The first-order valence-corrected chi connectivity index (χ1v) is 6.50. The molecule has 0 spiro atoms. The molecule has 0 unspecified atom stereocenters. The van der Waals surface area contributed by atoms with Crippen LogP contribution < -0.4 is 0 Å². The van der Waals surface area contributed by atoms with Crippen LogP contribution in [0.25, 0.3) is 10.9 Å². The number of imidazole rings is 1. The largest absolute Gasteiger partial charge is 0.340 e. The molecule has 3 nitrogen and oxygen atoms in total. The van der Waals surface area contributed by atoms with Crippen molar-refractivity contribution < 1.29 is 0 Å². The molecule has 0 saturated carbocycles. The van der Waals surface area contributed by atoms with Crippen LogP contribution in [0.4, 0.5) is 0 Å². The molecule has 0 aliphatic heterocycles. The number of hydrogen-bond acceptors (Lipinski definition) is 2. The van der Waals surface area contributed by atoms with Gasteiger partial charge < -0.3 is 4.57 Å². The van der Waals surface area contributed by atoms with Crippen LogP contribution in [0.5, 0.6) is 0 Å². The Morgan fingerprint density at radius 1 is 0.947 bits per heavy atom. The smallest absolute Gasteiger partial charge is 0.0946 e. The van der Waals surface area contributed by atoms with Crippen molar-refractivity contribution in [2.24, 2.45) is 7.05 Å². The predicted octanol–water partition coefficient (Wildman–Crippen LogP) is 3.99. The van der Waals surface area contributed by atoms with Crippen LogP contribution >= 0.6 is 0 Å². The van der Waals surface area contributed by atoms with Crippen molar-refractivity contribution in [3.8, 4) is 0 Å². The second-order valence-electron chi connectivity index (χ2n) is 3.88. The van der Waals surface area contributed by atoms with E-state index >= 15 is 0 Å². The lowest BCUT2D eigenvalue weighted by atomic mass is 10.2. The van der Waals surface area contributed by atoms with Crippen molar-refractivity contribution in [1.29, 1.82) is 0 Å². The van der Waals surface area contributed by atoms with Crippen molar-refractivity contribution in [3.63, 3.8) is 0 Å². The monoisotopic (exact) mass is 255 g/mol. The van der Waals surface area contributed by atoms with E-state index in [1.165, 1.54) is 5.39 Å². The number of aryl methyl sites for hydroxylation is 2. The second-order valence-corrected chi connectivity index (χ2v) is 3.88. The highest BCUT2D eigenvalue weighted by Crippen LogP contribution is 2.07. The summed E-state index contributed by atoms with van der Waals surface area (Å²) in [5.74, 6) is 0. The molecule has 2 aromatic heterocycles. The molecule has 0 aliphatic carbocycles. The van der Waals surface area contributed by atoms with E-state index in [1.54, 1.807) is 6.33 Å². The van der Waals surface area contributed by atoms with Gasteiger partial charge in [-0.3, -0.25) is 4.98 Å². The van der Waals surface area contributed by atoms with Gasteiger partial charge in [-0.15, -0.1) is 0 Å². The average Bonchev–Trinajstić information content (AvgIpc) is 2.85. The van der Waals surface area contributed by atoms with Gasteiger partial charge in [-0.2, -0.15) is 0 Å². The van der Waals surface area contributed by atoms with Crippen LogP contribution in [-0.2, 0) is 7.05 Å². The van der Waals surface area contributed by atoms with E-state index in [0.29, 0.717) is 0 Å². The number of nitrogens with zero attached hydrogens (tertiary/aromatic N) is 3. The van der Waals surface area contributed by atoms with Crippen LogP contribution in [0, 0.1) is 6.92 Å². The maximum absolute atomic E-state index is 4.18. The minimum absolute atomic E-state index is 1.06. The average molecular weight is 255 g/mol. The van der Waals surface area contributed by atoms with E-state index in [-0.39, 0.29) is 0 Å². The van der Waals surface area contributed by atoms with E-state index in [1.807, 2.05) is 69.0 Å². The van der Waals surface area contributed by atoms with E-state index in [4.69, 9.17) is 0 Å². The number of pyridine rings is 1. The van der Waals surface area contributed by atoms with Crippen LogP contribution in [0.15, 0.2) is 55.1 Å². The highest BCUT2D eigenvalue weighted by Gasteiger charge is 1.86. The Morgan fingerprint density at radius 2 is 1.63 bits per heavy atom. The SMILES string of the molecule is CC.Cc1cn(C)cn1.c1ccc2ncccc2c1. The Hall–Kier alpha value is -2.16. The Morgan fingerprint density at radius 3 is 2.16 bits per heavy atom. The number of benzene rings is 1. The normalized spacial score (nSPS) is 9.05. The first-order valence-electron chi connectivity index (χ1n) is 6.50. The minimum Gasteiger partial charge on any atom is -0.340 e. The molecule has 1 aromatic carbocycles. The van der Waals surface area contributed by atoms with Gasteiger partial charge in [0.05, 0.1) is 17.5 Å². The molecule has 100 valence electrons. The molecule has 3 rings (SSSR count). The van der Waals surface area contributed by atoms with Crippen molar-refractivity contribution in [3.05, 3.63) is 60.8 Å². The third-order valence-corrected chi connectivity index (χ3v) is 2.35. The summed E-state index contributed by atoms with van der Waals surface area (Å²) >= 11 is 0. The lowest BCUT2D eigenvalue weighted by molar-refractivity contribution is 0.913. The van der Waals surface area contributed by atoms with Gasteiger partial charge in [0, 0.05) is 24.8 Å². The third kappa shape index (κ3) is 4.92. The molecule has 3 heteroatoms. The summed E-state index contributed by atoms with van der Waals surface area (Å²) in [7, 11) is 1.96. The Labute approximate surface area is 115 Å². The summed E-state index contributed by atoms with van der Waals surface area (Å²) in [6.07, 6.45) is 5.57. The molecule has 0 N–H and O–H groups in total. The van der Waals surface area contributed by atoms with Crippen molar-refractivity contribution in [2.75, 3.05) is 0 Å². The molecule has 3 aromatic rings. The number of fused-ring (bicyclic) bond motifs is 1. The van der Waals surface area contributed by atoms with Gasteiger partial charge in [-0.05, 0) is 19.1 Å². The molecule has 0 amide bonds. The zero-order valence-electron chi connectivity index (χ0n) is 12.0. The van der Waals surface area contributed by atoms with Crippen LogP contribution in [0.1, 0.15) is 19.5 Å². The molecule has 2 heterocycles. The first kappa shape index (κ1) is 14.9. The quantitative estimate of drug-likeness (QED) is 0.608. The highest BCUT2D eigenvalue weighted by atomic mass is 15.0. The Bertz CT molecular complexity index is 518. The van der Waals surface area contributed by atoms with Gasteiger partial charge in [0.2, 0.25) is 0 Å². The second kappa shape index (κ2) is 8.03. The summed E-state index contributed by atoms with van der Waals surface area (Å²) in [6.45, 7) is 5.97. The fourth-order valence-electron chi connectivity index (χ4n) is 1.56. The number of hydrogen-bond donors (Lipinski definition) is 0. The van der Waals surface area contributed by atoms with E-state index in [2.05, 4.69) is 22.1 Å². The standard InChI is InChI=1S/C9H7N.C5H8N2.C2H6/c1-2-6-9-8(4-1)5-3-7-10-9;1-5-3-7(2)4-6-5;1-2/h1-7H;3-4H,1-2H3;1-2H3. The number of rotatable bonds is 0. The van der Waals surface area contributed by atoms with Gasteiger partial charge in [0.25, 0.3) is 0 Å². The van der Waals surface area contributed by atoms with Crippen LogP contribution in [0.2, 0.25) is 0 Å². The minimum atomic E-state index is 1.06. The zero-order chi connectivity index (χ0) is 14.1. The van der Waals surface area contributed by atoms with E-state index in [0.717, 1.165) is 11.2 Å².